The van der Waals surface area contributed by atoms with Crippen molar-refractivity contribution in [1.82, 2.24) is 5.32 Å². The highest BCUT2D eigenvalue weighted by Crippen LogP contribution is 2.27. The monoisotopic (exact) mass is 340 g/mol. The Labute approximate surface area is 143 Å². The van der Waals surface area contributed by atoms with Gasteiger partial charge in [0.25, 0.3) is 0 Å². The van der Waals surface area contributed by atoms with Crippen molar-refractivity contribution in [3.8, 4) is 11.5 Å². The van der Waals surface area contributed by atoms with Crippen LogP contribution in [0, 0.1) is 0 Å². The van der Waals surface area contributed by atoms with E-state index in [4.69, 9.17) is 21.1 Å². The van der Waals surface area contributed by atoms with Crippen molar-refractivity contribution in [3.05, 3.63) is 58.6 Å². The number of nitrogens with one attached hydrogen (secondary N) is 1. The number of methoxy groups -OCH3 is 2. The van der Waals surface area contributed by atoms with Gasteiger partial charge >= 0.3 is 0 Å². The van der Waals surface area contributed by atoms with Crippen LogP contribution in [0.25, 0.3) is 0 Å². The Hall–Kier alpha value is -1.42. The highest BCUT2D eigenvalue weighted by molar-refractivity contribution is 6.31. The Kier molecular flexibility index (Phi) is 8.10. The molecule has 3 nitrogen and oxygen atoms in total. The molecule has 0 spiro atoms. The predicted octanol–water partition coefficient (Wildman–Crippen LogP) is 0.693. The Balaban J connectivity index is 0.00000242. The van der Waals surface area contributed by atoms with Crippen LogP contribution in [-0.2, 0) is 13.0 Å². The summed E-state index contributed by atoms with van der Waals surface area (Å²) < 4.78 is 10.5. The van der Waals surface area contributed by atoms with Crippen molar-refractivity contribution in [2.45, 2.75) is 13.0 Å². The van der Waals surface area contributed by atoms with Gasteiger partial charge in [0.1, 0.15) is 0 Å². The summed E-state index contributed by atoms with van der Waals surface area (Å²) in [4.78, 5) is 0. The fourth-order valence-electron chi connectivity index (χ4n) is 2.13. The van der Waals surface area contributed by atoms with E-state index in [1.807, 2.05) is 36.4 Å². The lowest BCUT2D eigenvalue weighted by Gasteiger charge is -2.10. The van der Waals surface area contributed by atoms with Crippen LogP contribution in [-0.4, -0.2) is 20.8 Å². The molecular formula is C17H20Cl2NO2-. The van der Waals surface area contributed by atoms with Gasteiger partial charge in [0.2, 0.25) is 0 Å². The van der Waals surface area contributed by atoms with Crippen molar-refractivity contribution < 1.29 is 21.9 Å². The molecule has 5 heteroatoms. The van der Waals surface area contributed by atoms with Crippen molar-refractivity contribution >= 4 is 11.6 Å². The molecule has 2 rings (SSSR count). The van der Waals surface area contributed by atoms with Gasteiger partial charge in [-0.05, 0) is 42.3 Å². The van der Waals surface area contributed by atoms with Gasteiger partial charge in [0.05, 0.1) is 14.2 Å². The normalized spacial score (nSPS) is 9.95. The highest BCUT2D eigenvalue weighted by atomic mass is 35.5. The Morgan fingerprint density at radius 2 is 1.73 bits per heavy atom. The van der Waals surface area contributed by atoms with Crippen LogP contribution in [0.1, 0.15) is 11.1 Å². The number of hydrogen-bond donors (Lipinski definition) is 1. The molecule has 0 bridgehead atoms. The topological polar surface area (TPSA) is 30.5 Å². The molecule has 0 heterocycles. The number of ether oxygens (including phenoxy) is 2. The second-order valence-electron chi connectivity index (χ2n) is 4.71. The minimum absolute atomic E-state index is 0. The highest BCUT2D eigenvalue weighted by Gasteiger charge is 2.04. The molecule has 0 radical (unpaired) electrons. The van der Waals surface area contributed by atoms with E-state index in [1.165, 1.54) is 5.56 Å². The second kappa shape index (κ2) is 9.57. The molecule has 0 aromatic heterocycles. The number of benzene rings is 2. The minimum atomic E-state index is 0. The van der Waals surface area contributed by atoms with Crippen LogP contribution in [0.3, 0.4) is 0 Å². The molecule has 0 atom stereocenters. The summed E-state index contributed by atoms with van der Waals surface area (Å²) >= 11 is 6.12. The maximum absolute atomic E-state index is 6.12. The molecule has 0 saturated heterocycles. The number of halogens is 2. The van der Waals surface area contributed by atoms with Crippen molar-refractivity contribution in [2.75, 3.05) is 20.8 Å². The molecule has 2 aromatic carbocycles. The van der Waals surface area contributed by atoms with E-state index >= 15 is 0 Å². The molecule has 0 fully saturated rings. The van der Waals surface area contributed by atoms with Gasteiger partial charge in [-0.25, -0.2) is 0 Å². The smallest absolute Gasteiger partial charge is 0.160 e. The van der Waals surface area contributed by atoms with Gasteiger partial charge in [-0.15, -0.1) is 0 Å². The first-order chi connectivity index (χ1) is 10.2. The summed E-state index contributed by atoms with van der Waals surface area (Å²) in [5, 5.41) is 4.20. The summed E-state index contributed by atoms with van der Waals surface area (Å²) in [5.74, 6) is 1.52. The van der Waals surface area contributed by atoms with Crippen molar-refractivity contribution in [2.24, 2.45) is 0 Å². The maximum Gasteiger partial charge on any atom is 0.160 e. The minimum Gasteiger partial charge on any atom is -1.00 e. The maximum atomic E-state index is 6.12. The lowest BCUT2D eigenvalue weighted by Crippen LogP contribution is -3.00. The van der Waals surface area contributed by atoms with Gasteiger partial charge in [-0.1, -0.05) is 35.9 Å². The van der Waals surface area contributed by atoms with Crippen LogP contribution in [0.2, 0.25) is 5.02 Å². The largest absolute Gasteiger partial charge is 1.00 e. The lowest BCUT2D eigenvalue weighted by atomic mass is 10.1. The van der Waals surface area contributed by atoms with Gasteiger partial charge in [-0.3, -0.25) is 0 Å². The van der Waals surface area contributed by atoms with Crippen LogP contribution < -0.4 is 27.2 Å². The van der Waals surface area contributed by atoms with Gasteiger partial charge < -0.3 is 27.2 Å². The van der Waals surface area contributed by atoms with Crippen LogP contribution in [0.4, 0.5) is 0 Å². The molecule has 0 aliphatic rings. The summed E-state index contributed by atoms with van der Waals surface area (Å²) in [6.45, 7) is 1.65. The summed E-state index contributed by atoms with van der Waals surface area (Å²) in [5.41, 5.74) is 2.32. The fraction of sp³-hybridized carbons (Fsp3) is 0.294. The Morgan fingerprint density at radius 1 is 1.00 bits per heavy atom. The lowest BCUT2D eigenvalue weighted by molar-refractivity contribution is -0.00000476. The molecule has 0 aliphatic carbocycles. The Morgan fingerprint density at radius 3 is 2.41 bits per heavy atom. The van der Waals surface area contributed by atoms with E-state index in [9.17, 15) is 0 Å². The third-order valence-corrected chi connectivity index (χ3v) is 3.68. The average Bonchev–Trinajstić information content (AvgIpc) is 2.52. The fourth-order valence-corrected chi connectivity index (χ4v) is 2.34. The molecule has 120 valence electrons. The van der Waals surface area contributed by atoms with E-state index in [2.05, 4.69) is 11.4 Å². The van der Waals surface area contributed by atoms with Gasteiger partial charge in [0, 0.05) is 11.6 Å². The first-order valence-electron chi connectivity index (χ1n) is 6.89. The summed E-state index contributed by atoms with van der Waals surface area (Å²) in [6, 6.07) is 13.9. The standard InChI is InChI=1S/C17H20ClNO2.ClH/c1-20-16-8-7-13(11-17(16)21-2)9-10-19-12-14-5-3-4-6-15(14)18;/h3-8,11,19H,9-10,12H2,1-2H3;1H/p-1. The molecule has 0 saturated carbocycles. The van der Waals surface area contributed by atoms with E-state index in [-0.39, 0.29) is 12.4 Å². The van der Waals surface area contributed by atoms with Crippen LogP contribution in [0.5, 0.6) is 11.5 Å². The number of rotatable bonds is 7. The molecule has 1 N–H and O–H groups in total. The van der Waals surface area contributed by atoms with E-state index < -0.39 is 0 Å². The first kappa shape index (κ1) is 18.6. The zero-order valence-corrected chi connectivity index (χ0v) is 14.2. The van der Waals surface area contributed by atoms with Crippen LogP contribution in [0.15, 0.2) is 42.5 Å². The molecule has 0 aliphatic heterocycles. The summed E-state index contributed by atoms with van der Waals surface area (Å²) in [6.07, 6.45) is 0.921. The van der Waals surface area contributed by atoms with Gasteiger partial charge in [-0.2, -0.15) is 0 Å². The summed E-state index contributed by atoms with van der Waals surface area (Å²) in [7, 11) is 3.29. The predicted molar refractivity (Wildman–Crippen MR) is 86.4 cm³/mol. The zero-order valence-electron chi connectivity index (χ0n) is 12.7. The van der Waals surface area contributed by atoms with Crippen molar-refractivity contribution in [3.63, 3.8) is 0 Å². The number of hydrogen-bond acceptors (Lipinski definition) is 3. The average molecular weight is 341 g/mol. The SMILES string of the molecule is COc1ccc(CCNCc2ccccc2Cl)cc1OC.[Cl-]. The third-order valence-electron chi connectivity index (χ3n) is 3.31. The molecule has 22 heavy (non-hydrogen) atoms. The second-order valence-corrected chi connectivity index (χ2v) is 5.11. The van der Waals surface area contributed by atoms with Crippen molar-refractivity contribution in [1.29, 1.82) is 0 Å². The quantitative estimate of drug-likeness (QED) is 0.752. The molecule has 2 aromatic rings. The van der Waals surface area contributed by atoms with E-state index in [0.29, 0.717) is 0 Å². The van der Waals surface area contributed by atoms with E-state index in [0.717, 1.165) is 41.6 Å². The molecular weight excluding hydrogens is 321 g/mol. The van der Waals surface area contributed by atoms with E-state index in [1.54, 1.807) is 14.2 Å². The van der Waals surface area contributed by atoms with Crippen LogP contribution >= 0.6 is 11.6 Å². The Bertz CT molecular complexity index is 591. The molecule has 0 unspecified atom stereocenters. The third kappa shape index (κ3) is 5.09. The first-order valence-corrected chi connectivity index (χ1v) is 7.27. The van der Waals surface area contributed by atoms with Gasteiger partial charge in [0.15, 0.2) is 11.5 Å². The zero-order chi connectivity index (χ0) is 15.1. The molecule has 0 amide bonds.